The first-order valence-electron chi connectivity index (χ1n) is 2.84. The first kappa shape index (κ1) is 7.49. The second-order valence-corrected chi connectivity index (χ2v) is 1.82. The largest absolute Gasteiger partial charge is 0.430 e. The number of hydrogen-bond acceptors (Lipinski definition) is 4. The zero-order valence-electron chi connectivity index (χ0n) is 5.53. The molecule has 1 heterocycles. The van der Waals surface area contributed by atoms with Crippen molar-refractivity contribution in [3.63, 3.8) is 0 Å². The molecular weight excluding hydrogens is 148 g/mol. The third kappa shape index (κ3) is 1.65. The topological polar surface area (TPSA) is 85.3 Å². The normalized spacial score (nSPS) is 9.18. The van der Waals surface area contributed by atoms with Crippen molar-refractivity contribution >= 4 is 5.91 Å². The zero-order valence-corrected chi connectivity index (χ0v) is 5.53. The molecule has 5 nitrogen and oxygen atoms in total. The Morgan fingerprint density at radius 3 is 2.73 bits per heavy atom. The van der Waals surface area contributed by atoms with Crippen molar-refractivity contribution < 1.29 is 9.21 Å². The van der Waals surface area contributed by atoms with Gasteiger partial charge in [0.25, 0.3) is 5.91 Å². The Morgan fingerprint density at radius 1 is 1.55 bits per heavy atom. The van der Waals surface area contributed by atoms with Gasteiger partial charge in [0.05, 0.1) is 5.56 Å². The fourth-order valence-corrected chi connectivity index (χ4v) is 0.570. The molecular formula is C6H6N2O3. The van der Waals surface area contributed by atoms with E-state index in [-0.39, 0.29) is 5.56 Å². The van der Waals surface area contributed by atoms with E-state index in [0.717, 1.165) is 12.3 Å². The maximum atomic E-state index is 10.7. The Hall–Kier alpha value is -1.62. The van der Waals surface area contributed by atoms with Gasteiger partial charge < -0.3 is 4.42 Å². The Balaban J connectivity index is 2.99. The van der Waals surface area contributed by atoms with Gasteiger partial charge in [-0.05, 0) is 6.07 Å². The summed E-state index contributed by atoms with van der Waals surface area (Å²) in [6.45, 7) is 0. The van der Waals surface area contributed by atoms with Crippen LogP contribution in [0.5, 0.6) is 0 Å². The minimum absolute atomic E-state index is 0.215. The summed E-state index contributed by atoms with van der Waals surface area (Å²) in [6, 6.07) is 2.47. The lowest BCUT2D eigenvalue weighted by Gasteiger charge is -1.94. The number of nitrogens with two attached hydrogens (primary N) is 1. The van der Waals surface area contributed by atoms with Gasteiger partial charge in [-0.3, -0.25) is 10.2 Å². The van der Waals surface area contributed by atoms with Gasteiger partial charge in [0, 0.05) is 6.07 Å². The monoisotopic (exact) mass is 154 g/mol. The summed E-state index contributed by atoms with van der Waals surface area (Å²) in [4.78, 5) is 21.1. The quantitative estimate of drug-likeness (QED) is 0.316. The van der Waals surface area contributed by atoms with Crippen molar-refractivity contribution in [2.75, 3.05) is 0 Å². The number of hydrogen-bond donors (Lipinski definition) is 2. The van der Waals surface area contributed by atoms with E-state index in [9.17, 15) is 9.59 Å². The van der Waals surface area contributed by atoms with E-state index < -0.39 is 11.5 Å². The highest BCUT2D eigenvalue weighted by Crippen LogP contribution is 1.92. The van der Waals surface area contributed by atoms with Crippen LogP contribution in [0.25, 0.3) is 0 Å². The number of carbonyl (C=O) groups is 1. The van der Waals surface area contributed by atoms with Crippen LogP contribution in [0.3, 0.4) is 0 Å². The number of amides is 1. The van der Waals surface area contributed by atoms with Gasteiger partial charge in [0.15, 0.2) is 0 Å². The highest BCUT2D eigenvalue weighted by atomic mass is 16.4. The Labute approximate surface area is 61.8 Å². The summed E-state index contributed by atoms with van der Waals surface area (Å²) in [5.41, 5.74) is 1.61. The molecule has 0 aliphatic heterocycles. The summed E-state index contributed by atoms with van der Waals surface area (Å²) < 4.78 is 4.41. The van der Waals surface area contributed by atoms with Crippen LogP contribution in [0.2, 0.25) is 0 Å². The van der Waals surface area contributed by atoms with Gasteiger partial charge >= 0.3 is 5.63 Å². The van der Waals surface area contributed by atoms with Gasteiger partial charge in [-0.25, -0.2) is 10.6 Å². The fourth-order valence-electron chi connectivity index (χ4n) is 0.570. The maximum absolute atomic E-state index is 10.7. The lowest BCUT2D eigenvalue weighted by molar-refractivity contribution is 0.0951. The second kappa shape index (κ2) is 2.98. The Morgan fingerprint density at radius 2 is 2.27 bits per heavy atom. The van der Waals surface area contributed by atoms with Crippen molar-refractivity contribution in [2.24, 2.45) is 5.84 Å². The lowest BCUT2D eigenvalue weighted by Crippen LogP contribution is -2.30. The standard InChI is InChI=1S/C6H6N2O3/c7-8-6(10)4-1-2-5(9)11-3-4/h1-3H,7H2,(H,8,10). The summed E-state index contributed by atoms with van der Waals surface area (Å²) in [7, 11) is 0. The van der Waals surface area contributed by atoms with Crippen LogP contribution in [-0.2, 0) is 0 Å². The number of nitrogen functional groups attached to an aromatic ring is 1. The summed E-state index contributed by atoms with van der Waals surface area (Å²) in [5.74, 6) is 4.33. The number of rotatable bonds is 1. The fraction of sp³-hybridized carbons (Fsp3) is 0. The number of carbonyl (C=O) groups excluding carboxylic acids is 1. The molecule has 1 rings (SSSR count). The number of hydrazine groups is 1. The molecule has 1 aromatic rings. The first-order chi connectivity index (χ1) is 5.24. The van der Waals surface area contributed by atoms with E-state index in [0.29, 0.717) is 0 Å². The van der Waals surface area contributed by atoms with Crippen molar-refractivity contribution in [1.82, 2.24) is 5.43 Å². The minimum atomic E-state index is -0.501. The lowest BCUT2D eigenvalue weighted by atomic mass is 10.3. The molecule has 1 amide bonds. The molecule has 0 aromatic carbocycles. The summed E-state index contributed by atoms with van der Waals surface area (Å²) >= 11 is 0. The molecule has 5 heteroatoms. The van der Waals surface area contributed by atoms with E-state index in [4.69, 9.17) is 5.84 Å². The van der Waals surface area contributed by atoms with Gasteiger partial charge in [0.2, 0.25) is 0 Å². The predicted octanol–water partition coefficient (Wildman–Crippen LogP) is -0.757. The maximum Gasteiger partial charge on any atom is 0.335 e. The molecule has 0 aliphatic carbocycles. The molecule has 0 bridgehead atoms. The summed E-state index contributed by atoms with van der Waals surface area (Å²) in [6.07, 6.45) is 1.05. The van der Waals surface area contributed by atoms with Crippen LogP contribution in [-0.4, -0.2) is 5.91 Å². The smallest absolute Gasteiger partial charge is 0.335 e. The zero-order chi connectivity index (χ0) is 8.27. The van der Waals surface area contributed by atoms with E-state index in [1.807, 2.05) is 5.43 Å². The molecule has 3 N–H and O–H groups in total. The molecule has 0 saturated carbocycles. The molecule has 0 fully saturated rings. The van der Waals surface area contributed by atoms with Crippen LogP contribution in [0.15, 0.2) is 27.6 Å². The van der Waals surface area contributed by atoms with E-state index in [1.165, 1.54) is 6.07 Å². The van der Waals surface area contributed by atoms with E-state index in [2.05, 4.69) is 4.42 Å². The second-order valence-electron chi connectivity index (χ2n) is 1.82. The van der Waals surface area contributed by atoms with Gasteiger partial charge in [0.1, 0.15) is 6.26 Å². The average Bonchev–Trinajstić information content (AvgIpc) is 2.05. The Kier molecular flexibility index (Phi) is 2.03. The third-order valence-corrected chi connectivity index (χ3v) is 1.09. The third-order valence-electron chi connectivity index (χ3n) is 1.09. The Bertz CT molecular complexity index is 297. The molecule has 1 aromatic heterocycles. The predicted molar refractivity (Wildman–Crippen MR) is 36.6 cm³/mol. The first-order valence-corrected chi connectivity index (χ1v) is 2.84. The molecule has 0 aliphatic rings. The van der Waals surface area contributed by atoms with Crippen LogP contribution >= 0.6 is 0 Å². The molecule has 0 saturated heterocycles. The highest BCUT2D eigenvalue weighted by molar-refractivity contribution is 5.93. The van der Waals surface area contributed by atoms with Crippen molar-refractivity contribution in [3.8, 4) is 0 Å². The molecule has 0 radical (unpaired) electrons. The van der Waals surface area contributed by atoms with E-state index in [1.54, 1.807) is 0 Å². The minimum Gasteiger partial charge on any atom is -0.430 e. The average molecular weight is 154 g/mol. The summed E-state index contributed by atoms with van der Waals surface area (Å²) in [5, 5.41) is 0. The van der Waals surface area contributed by atoms with Crippen molar-refractivity contribution in [3.05, 3.63) is 34.4 Å². The highest BCUT2D eigenvalue weighted by Gasteiger charge is 2.02. The van der Waals surface area contributed by atoms with Crippen LogP contribution in [0, 0.1) is 0 Å². The molecule has 58 valence electrons. The molecule has 0 spiro atoms. The van der Waals surface area contributed by atoms with Gasteiger partial charge in [-0.1, -0.05) is 0 Å². The van der Waals surface area contributed by atoms with E-state index >= 15 is 0 Å². The van der Waals surface area contributed by atoms with Crippen LogP contribution < -0.4 is 16.9 Å². The number of nitrogens with one attached hydrogen (secondary N) is 1. The van der Waals surface area contributed by atoms with Crippen LogP contribution in [0.1, 0.15) is 10.4 Å². The molecule has 11 heavy (non-hydrogen) atoms. The van der Waals surface area contributed by atoms with Crippen molar-refractivity contribution in [2.45, 2.75) is 0 Å². The van der Waals surface area contributed by atoms with Crippen LogP contribution in [0.4, 0.5) is 0 Å². The van der Waals surface area contributed by atoms with Gasteiger partial charge in [-0.15, -0.1) is 0 Å². The van der Waals surface area contributed by atoms with Gasteiger partial charge in [-0.2, -0.15) is 0 Å². The molecule has 0 unspecified atom stereocenters. The SMILES string of the molecule is NNC(=O)c1ccc(=O)oc1. The van der Waals surface area contributed by atoms with Crippen molar-refractivity contribution in [1.29, 1.82) is 0 Å². The molecule has 0 atom stereocenters.